The van der Waals surface area contributed by atoms with E-state index < -0.39 is 0 Å². The minimum absolute atomic E-state index is 0.494. The second-order valence-corrected chi connectivity index (χ2v) is 4.29. The summed E-state index contributed by atoms with van der Waals surface area (Å²) in [5.74, 6) is 1.72. The van der Waals surface area contributed by atoms with Gasteiger partial charge < -0.3 is 10.5 Å². The first-order valence-electron chi connectivity index (χ1n) is 5.19. The topological polar surface area (TPSA) is 35.2 Å². The van der Waals surface area contributed by atoms with Crippen LogP contribution in [0.1, 0.15) is 32.1 Å². The van der Waals surface area contributed by atoms with Gasteiger partial charge in [-0.3, -0.25) is 0 Å². The van der Waals surface area contributed by atoms with Crippen molar-refractivity contribution >= 4 is 0 Å². The lowest BCUT2D eigenvalue weighted by molar-refractivity contribution is 0.0612. The normalized spacial score (nSPS) is 28.8. The zero-order valence-electron chi connectivity index (χ0n) is 7.67. The average molecular weight is 169 g/mol. The molecular formula is C10H19NO. The van der Waals surface area contributed by atoms with Crippen LogP contribution in [-0.4, -0.2) is 19.3 Å². The van der Waals surface area contributed by atoms with Gasteiger partial charge in [0.15, 0.2) is 0 Å². The van der Waals surface area contributed by atoms with Crippen molar-refractivity contribution in [3.05, 3.63) is 0 Å². The molecule has 0 aromatic carbocycles. The van der Waals surface area contributed by atoms with Gasteiger partial charge in [-0.1, -0.05) is 0 Å². The molecule has 2 rings (SSSR count). The Balaban J connectivity index is 1.69. The van der Waals surface area contributed by atoms with Crippen LogP contribution in [-0.2, 0) is 4.74 Å². The Hall–Kier alpha value is -0.0800. The highest BCUT2D eigenvalue weighted by Gasteiger charge is 2.30. The van der Waals surface area contributed by atoms with Crippen molar-refractivity contribution in [3.63, 3.8) is 0 Å². The van der Waals surface area contributed by atoms with Crippen LogP contribution in [0, 0.1) is 11.8 Å². The second kappa shape index (κ2) is 3.75. The van der Waals surface area contributed by atoms with Crippen molar-refractivity contribution in [1.29, 1.82) is 0 Å². The highest BCUT2D eigenvalue weighted by Crippen LogP contribution is 2.35. The Labute approximate surface area is 74.5 Å². The molecule has 0 aromatic heterocycles. The first-order valence-corrected chi connectivity index (χ1v) is 5.19. The van der Waals surface area contributed by atoms with Gasteiger partial charge in [0.05, 0.1) is 0 Å². The Morgan fingerprint density at radius 1 is 1.17 bits per heavy atom. The third-order valence-electron chi connectivity index (χ3n) is 3.17. The molecule has 1 aliphatic heterocycles. The van der Waals surface area contributed by atoms with Gasteiger partial charge >= 0.3 is 0 Å². The molecule has 1 aliphatic carbocycles. The molecule has 1 saturated heterocycles. The third-order valence-corrected chi connectivity index (χ3v) is 3.17. The Morgan fingerprint density at radius 3 is 2.42 bits per heavy atom. The summed E-state index contributed by atoms with van der Waals surface area (Å²) in [4.78, 5) is 0. The zero-order valence-corrected chi connectivity index (χ0v) is 7.67. The smallest absolute Gasteiger partial charge is 0.0468 e. The standard InChI is InChI=1S/C10H19NO/c11-10(9-1-2-9)7-8-3-5-12-6-4-8/h8-10H,1-7,11H2. The van der Waals surface area contributed by atoms with Gasteiger partial charge in [0.2, 0.25) is 0 Å². The fourth-order valence-corrected chi connectivity index (χ4v) is 2.08. The Morgan fingerprint density at radius 2 is 1.83 bits per heavy atom. The van der Waals surface area contributed by atoms with Gasteiger partial charge in [-0.05, 0) is 43.9 Å². The van der Waals surface area contributed by atoms with Crippen LogP contribution < -0.4 is 5.73 Å². The van der Waals surface area contributed by atoms with E-state index in [1.165, 1.54) is 32.1 Å². The van der Waals surface area contributed by atoms with Crippen molar-refractivity contribution in [3.8, 4) is 0 Å². The monoisotopic (exact) mass is 169 g/mol. The summed E-state index contributed by atoms with van der Waals surface area (Å²) < 4.78 is 5.32. The Bertz CT molecular complexity index is 139. The number of hydrogen-bond donors (Lipinski definition) is 1. The van der Waals surface area contributed by atoms with Crippen molar-refractivity contribution in [1.82, 2.24) is 0 Å². The maximum absolute atomic E-state index is 6.07. The van der Waals surface area contributed by atoms with Gasteiger partial charge in [-0.2, -0.15) is 0 Å². The Kier molecular flexibility index (Phi) is 2.66. The van der Waals surface area contributed by atoms with Crippen molar-refractivity contribution < 1.29 is 4.74 Å². The van der Waals surface area contributed by atoms with Crippen LogP contribution >= 0.6 is 0 Å². The van der Waals surface area contributed by atoms with Crippen LogP contribution in [0.15, 0.2) is 0 Å². The van der Waals surface area contributed by atoms with E-state index >= 15 is 0 Å². The molecule has 2 N–H and O–H groups in total. The largest absolute Gasteiger partial charge is 0.381 e. The number of ether oxygens (including phenoxy) is 1. The van der Waals surface area contributed by atoms with Crippen LogP contribution in [0.3, 0.4) is 0 Å². The molecule has 0 aromatic rings. The molecule has 1 heterocycles. The van der Waals surface area contributed by atoms with E-state index in [-0.39, 0.29) is 0 Å². The zero-order chi connectivity index (χ0) is 8.39. The molecular weight excluding hydrogens is 150 g/mol. The van der Waals surface area contributed by atoms with Crippen LogP contribution in [0.4, 0.5) is 0 Å². The molecule has 2 aliphatic rings. The summed E-state index contributed by atoms with van der Waals surface area (Å²) >= 11 is 0. The lowest BCUT2D eigenvalue weighted by atomic mass is 9.91. The lowest BCUT2D eigenvalue weighted by Gasteiger charge is -2.24. The van der Waals surface area contributed by atoms with Gasteiger partial charge in [0.1, 0.15) is 0 Å². The van der Waals surface area contributed by atoms with E-state index in [1.54, 1.807) is 0 Å². The number of nitrogens with two attached hydrogens (primary N) is 1. The number of rotatable bonds is 3. The minimum atomic E-state index is 0.494. The molecule has 2 heteroatoms. The van der Waals surface area contributed by atoms with Gasteiger partial charge in [0.25, 0.3) is 0 Å². The van der Waals surface area contributed by atoms with E-state index in [0.29, 0.717) is 6.04 Å². The van der Waals surface area contributed by atoms with E-state index in [2.05, 4.69) is 0 Å². The van der Waals surface area contributed by atoms with Gasteiger partial charge in [0, 0.05) is 19.3 Å². The predicted octanol–water partition coefficient (Wildman–Crippen LogP) is 1.54. The molecule has 0 amide bonds. The summed E-state index contributed by atoms with van der Waals surface area (Å²) in [7, 11) is 0. The first kappa shape index (κ1) is 8.52. The molecule has 0 spiro atoms. The molecule has 70 valence electrons. The molecule has 1 atom stereocenters. The fraction of sp³-hybridized carbons (Fsp3) is 1.00. The molecule has 12 heavy (non-hydrogen) atoms. The van der Waals surface area contributed by atoms with Crippen LogP contribution in [0.5, 0.6) is 0 Å². The molecule has 0 radical (unpaired) electrons. The quantitative estimate of drug-likeness (QED) is 0.695. The average Bonchev–Trinajstić information content (AvgIpc) is 2.88. The predicted molar refractivity (Wildman–Crippen MR) is 48.9 cm³/mol. The second-order valence-electron chi connectivity index (χ2n) is 4.29. The van der Waals surface area contributed by atoms with Crippen LogP contribution in [0.25, 0.3) is 0 Å². The fourth-order valence-electron chi connectivity index (χ4n) is 2.08. The molecule has 1 saturated carbocycles. The molecule has 2 fully saturated rings. The van der Waals surface area contributed by atoms with Crippen LogP contribution in [0.2, 0.25) is 0 Å². The molecule has 2 nitrogen and oxygen atoms in total. The first-order chi connectivity index (χ1) is 5.86. The maximum Gasteiger partial charge on any atom is 0.0468 e. The summed E-state index contributed by atoms with van der Waals surface area (Å²) in [6, 6.07) is 0.494. The van der Waals surface area contributed by atoms with Gasteiger partial charge in [-0.25, -0.2) is 0 Å². The lowest BCUT2D eigenvalue weighted by Crippen LogP contribution is -2.28. The van der Waals surface area contributed by atoms with Crippen molar-refractivity contribution in [2.75, 3.05) is 13.2 Å². The van der Waals surface area contributed by atoms with Gasteiger partial charge in [-0.15, -0.1) is 0 Å². The molecule has 1 unspecified atom stereocenters. The molecule has 0 bridgehead atoms. The van der Waals surface area contributed by atoms with E-state index in [9.17, 15) is 0 Å². The van der Waals surface area contributed by atoms with E-state index in [0.717, 1.165) is 25.0 Å². The SMILES string of the molecule is NC(CC1CCOCC1)C1CC1. The minimum Gasteiger partial charge on any atom is -0.381 e. The highest BCUT2D eigenvalue weighted by atomic mass is 16.5. The number of hydrogen-bond acceptors (Lipinski definition) is 2. The maximum atomic E-state index is 6.07. The summed E-state index contributed by atoms with van der Waals surface area (Å²) in [5.41, 5.74) is 6.07. The van der Waals surface area contributed by atoms with E-state index in [4.69, 9.17) is 10.5 Å². The van der Waals surface area contributed by atoms with Crippen molar-refractivity contribution in [2.45, 2.75) is 38.1 Å². The third kappa shape index (κ3) is 2.20. The summed E-state index contributed by atoms with van der Waals surface area (Å²) in [6.07, 6.45) is 6.48. The summed E-state index contributed by atoms with van der Waals surface area (Å²) in [5, 5.41) is 0. The van der Waals surface area contributed by atoms with Crippen molar-refractivity contribution in [2.24, 2.45) is 17.6 Å². The van der Waals surface area contributed by atoms with E-state index in [1.807, 2.05) is 0 Å². The summed E-state index contributed by atoms with van der Waals surface area (Å²) in [6.45, 7) is 1.92. The highest BCUT2D eigenvalue weighted by molar-refractivity contribution is 4.85.